The maximum atomic E-state index is 5.88. The third-order valence-electron chi connectivity index (χ3n) is 2.99. The molecule has 0 atom stereocenters. The molecule has 0 fully saturated rings. The molecule has 0 aliphatic carbocycles. The highest BCUT2D eigenvalue weighted by Crippen LogP contribution is 2.24. The van der Waals surface area contributed by atoms with Crippen molar-refractivity contribution in [3.63, 3.8) is 0 Å². The molecule has 0 aromatic carbocycles. The van der Waals surface area contributed by atoms with Crippen LogP contribution in [0.15, 0.2) is 0 Å². The normalized spacial score (nSPS) is 11.6. The molecule has 0 aliphatic rings. The summed E-state index contributed by atoms with van der Waals surface area (Å²) in [5.74, 6) is 2.45. The summed E-state index contributed by atoms with van der Waals surface area (Å²) in [6, 6.07) is 0. The first-order valence-electron chi connectivity index (χ1n) is 6.84. The van der Waals surface area contributed by atoms with Crippen molar-refractivity contribution >= 4 is 5.82 Å². The smallest absolute Gasteiger partial charge is 0.131 e. The van der Waals surface area contributed by atoms with Gasteiger partial charge in [0.15, 0.2) is 0 Å². The fraction of sp³-hybridized carbons (Fsp3) is 0.786. The zero-order valence-electron chi connectivity index (χ0n) is 12.7. The lowest BCUT2D eigenvalue weighted by Gasteiger charge is -2.29. The van der Waals surface area contributed by atoms with Gasteiger partial charge in [-0.15, -0.1) is 0 Å². The highest BCUT2D eigenvalue weighted by atomic mass is 15.4. The zero-order valence-corrected chi connectivity index (χ0v) is 12.7. The number of nitrogens with two attached hydrogens (primary N) is 1. The number of hydrogen-bond acceptors (Lipinski definition) is 3. The Bertz CT molecular complexity index is 369. The molecule has 1 aromatic heterocycles. The molecule has 18 heavy (non-hydrogen) atoms. The summed E-state index contributed by atoms with van der Waals surface area (Å²) < 4.78 is 1.97. The summed E-state index contributed by atoms with van der Waals surface area (Å²) >= 11 is 0. The molecule has 0 unspecified atom stereocenters. The fourth-order valence-corrected chi connectivity index (χ4v) is 2.45. The average Bonchev–Trinajstić information content (AvgIpc) is 2.50. The van der Waals surface area contributed by atoms with E-state index in [0.29, 0.717) is 18.4 Å². The molecule has 0 radical (unpaired) electrons. The summed E-state index contributed by atoms with van der Waals surface area (Å²) in [6.45, 7) is 13.7. The van der Waals surface area contributed by atoms with E-state index in [-0.39, 0.29) is 0 Å². The van der Waals surface area contributed by atoms with Crippen LogP contribution in [0.25, 0.3) is 0 Å². The van der Waals surface area contributed by atoms with E-state index in [9.17, 15) is 0 Å². The van der Waals surface area contributed by atoms with E-state index in [1.54, 1.807) is 0 Å². The van der Waals surface area contributed by atoms with Gasteiger partial charge in [-0.3, -0.25) is 4.68 Å². The lowest BCUT2D eigenvalue weighted by atomic mass is 10.1. The van der Waals surface area contributed by atoms with Gasteiger partial charge in [0.1, 0.15) is 5.82 Å². The van der Waals surface area contributed by atoms with Crippen LogP contribution >= 0.6 is 0 Å². The molecule has 1 aromatic rings. The molecule has 0 saturated heterocycles. The van der Waals surface area contributed by atoms with Crippen molar-refractivity contribution in [3.8, 4) is 0 Å². The topological polar surface area (TPSA) is 47.1 Å². The van der Waals surface area contributed by atoms with Crippen LogP contribution in [-0.4, -0.2) is 22.9 Å². The largest absolute Gasteiger partial charge is 0.356 e. The third kappa shape index (κ3) is 3.48. The predicted molar refractivity (Wildman–Crippen MR) is 77.7 cm³/mol. The van der Waals surface area contributed by atoms with E-state index in [1.165, 1.54) is 11.4 Å². The van der Waals surface area contributed by atoms with E-state index >= 15 is 0 Å². The number of nitrogens with zero attached hydrogens (tertiary/aromatic N) is 3. The summed E-state index contributed by atoms with van der Waals surface area (Å²) in [6.07, 6.45) is 0. The molecule has 4 nitrogen and oxygen atoms in total. The number of anilines is 1. The molecule has 0 aliphatic heterocycles. The Kier molecular flexibility index (Phi) is 5.20. The first kappa shape index (κ1) is 15.0. The first-order chi connectivity index (χ1) is 8.36. The van der Waals surface area contributed by atoms with Crippen molar-refractivity contribution in [3.05, 3.63) is 11.3 Å². The van der Waals surface area contributed by atoms with Gasteiger partial charge in [-0.1, -0.05) is 27.7 Å². The Labute approximate surface area is 111 Å². The van der Waals surface area contributed by atoms with Crippen molar-refractivity contribution in [2.45, 2.75) is 41.2 Å². The van der Waals surface area contributed by atoms with Gasteiger partial charge in [0.25, 0.3) is 0 Å². The molecule has 2 N–H and O–H groups in total. The van der Waals surface area contributed by atoms with E-state index in [2.05, 4.69) is 37.7 Å². The van der Waals surface area contributed by atoms with Crippen molar-refractivity contribution < 1.29 is 0 Å². The van der Waals surface area contributed by atoms with E-state index in [1.807, 2.05) is 18.7 Å². The monoisotopic (exact) mass is 252 g/mol. The van der Waals surface area contributed by atoms with Crippen LogP contribution in [0.3, 0.4) is 0 Å². The molecule has 0 saturated carbocycles. The van der Waals surface area contributed by atoms with E-state index < -0.39 is 0 Å². The SMILES string of the molecule is Cc1nn(C)c(N(CC(C)C)CC(C)C)c1CN. The highest BCUT2D eigenvalue weighted by molar-refractivity contribution is 5.50. The maximum Gasteiger partial charge on any atom is 0.131 e. The van der Waals surface area contributed by atoms with Gasteiger partial charge in [-0.05, 0) is 18.8 Å². The van der Waals surface area contributed by atoms with Gasteiger partial charge in [0.05, 0.1) is 5.69 Å². The number of rotatable bonds is 6. The van der Waals surface area contributed by atoms with Crippen molar-refractivity contribution in [2.75, 3.05) is 18.0 Å². The molecule has 0 spiro atoms. The molecule has 1 rings (SSSR count). The molecule has 4 heteroatoms. The van der Waals surface area contributed by atoms with Crippen LogP contribution < -0.4 is 10.6 Å². The summed E-state index contributed by atoms with van der Waals surface area (Å²) in [7, 11) is 2.01. The standard InChI is InChI=1S/C14H28N4/c1-10(2)8-18(9-11(3)4)14-13(7-15)12(5)16-17(14)6/h10-11H,7-9,15H2,1-6H3. The zero-order chi connectivity index (χ0) is 13.9. The maximum absolute atomic E-state index is 5.88. The van der Waals surface area contributed by atoms with Crippen LogP contribution in [0.2, 0.25) is 0 Å². The van der Waals surface area contributed by atoms with Gasteiger partial charge in [-0.2, -0.15) is 5.10 Å². The summed E-state index contributed by atoms with van der Waals surface area (Å²) in [5, 5.41) is 4.51. The number of aromatic nitrogens is 2. The minimum atomic E-state index is 0.557. The minimum absolute atomic E-state index is 0.557. The minimum Gasteiger partial charge on any atom is -0.356 e. The molecular weight excluding hydrogens is 224 g/mol. The highest BCUT2D eigenvalue weighted by Gasteiger charge is 2.19. The quantitative estimate of drug-likeness (QED) is 0.845. The Morgan fingerprint density at radius 1 is 1.17 bits per heavy atom. The Morgan fingerprint density at radius 3 is 2.06 bits per heavy atom. The summed E-state index contributed by atoms with van der Waals surface area (Å²) in [5.41, 5.74) is 8.11. The van der Waals surface area contributed by atoms with Crippen LogP contribution in [0.4, 0.5) is 5.82 Å². The molecule has 0 bridgehead atoms. The Morgan fingerprint density at radius 2 is 1.67 bits per heavy atom. The van der Waals surface area contributed by atoms with Crippen LogP contribution in [0.5, 0.6) is 0 Å². The van der Waals surface area contributed by atoms with Gasteiger partial charge in [0, 0.05) is 32.2 Å². The van der Waals surface area contributed by atoms with Crippen molar-refractivity contribution in [2.24, 2.45) is 24.6 Å². The molecule has 1 heterocycles. The average molecular weight is 252 g/mol. The second-order valence-electron chi connectivity index (χ2n) is 5.91. The predicted octanol–water partition coefficient (Wildman–Crippen LogP) is 2.31. The lowest BCUT2D eigenvalue weighted by molar-refractivity contribution is 0.537. The van der Waals surface area contributed by atoms with Crippen LogP contribution in [0.1, 0.15) is 39.0 Å². The lowest BCUT2D eigenvalue weighted by Crippen LogP contribution is -2.33. The third-order valence-corrected chi connectivity index (χ3v) is 2.99. The van der Waals surface area contributed by atoms with Crippen molar-refractivity contribution in [1.82, 2.24) is 9.78 Å². The molecule has 104 valence electrons. The summed E-state index contributed by atoms with van der Waals surface area (Å²) in [4.78, 5) is 2.43. The molecular formula is C14H28N4. The number of aryl methyl sites for hydroxylation is 2. The van der Waals surface area contributed by atoms with Crippen LogP contribution in [-0.2, 0) is 13.6 Å². The number of hydrogen-bond donors (Lipinski definition) is 1. The van der Waals surface area contributed by atoms with Gasteiger partial charge >= 0.3 is 0 Å². The first-order valence-corrected chi connectivity index (χ1v) is 6.84. The molecule has 0 amide bonds. The Hall–Kier alpha value is -1.03. The van der Waals surface area contributed by atoms with Crippen molar-refractivity contribution in [1.29, 1.82) is 0 Å². The second kappa shape index (κ2) is 6.23. The van der Waals surface area contributed by atoms with E-state index in [4.69, 9.17) is 5.73 Å². The van der Waals surface area contributed by atoms with Crippen LogP contribution in [0, 0.1) is 18.8 Å². The Balaban J connectivity index is 3.10. The van der Waals surface area contributed by atoms with Gasteiger partial charge in [0.2, 0.25) is 0 Å². The second-order valence-corrected chi connectivity index (χ2v) is 5.91. The van der Waals surface area contributed by atoms with E-state index in [0.717, 1.165) is 18.8 Å². The van der Waals surface area contributed by atoms with Gasteiger partial charge < -0.3 is 10.6 Å². The van der Waals surface area contributed by atoms with Gasteiger partial charge in [-0.25, -0.2) is 0 Å². The fourth-order valence-electron chi connectivity index (χ4n) is 2.45.